The van der Waals surface area contributed by atoms with E-state index in [2.05, 4.69) is 16.4 Å². The van der Waals surface area contributed by atoms with Gasteiger partial charge in [0.25, 0.3) is 0 Å². The molecule has 1 heterocycles. The summed E-state index contributed by atoms with van der Waals surface area (Å²) in [4.78, 5) is 11.7. The van der Waals surface area contributed by atoms with Crippen molar-refractivity contribution in [3.63, 3.8) is 0 Å². The largest absolute Gasteiger partial charge is 0.481 e. The molecule has 6 nitrogen and oxygen atoms in total. The number of carboxylic acid groups (broad SMARTS) is 1. The number of aromatic nitrogens is 3. The number of hydrogen-bond acceptors (Lipinski definition) is 4. The lowest BCUT2D eigenvalue weighted by Gasteiger charge is -2.21. The maximum atomic E-state index is 11.7. The van der Waals surface area contributed by atoms with E-state index in [1.807, 2.05) is 19.1 Å². The molecule has 1 aromatic heterocycles. The number of fused-ring (bicyclic) bond motifs is 2. The highest BCUT2D eigenvalue weighted by Gasteiger charge is 2.26. The van der Waals surface area contributed by atoms with Crippen LogP contribution >= 0.6 is 11.6 Å². The van der Waals surface area contributed by atoms with Gasteiger partial charge < -0.3 is 10.2 Å². The van der Waals surface area contributed by atoms with Crippen LogP contribution in [0.2, 0.25) is 5.02 Å². The lowest BCUT2D eigenvalue weighted by molar-refractivity contribution is -0.137. The Hall–Kier alpha value is -2.44. The molecule has 0 aliphatic heterocycles. The highest BCUT2D eigenvalue weighted by atomic mass is 35.5. The summed E-state index contributed by atoms with van der Waals surface area (Å²) in [6.07, 6.45) is 2.92. The van der Waals surface area contributed by atoms with Gasteiger partial charge in [-0.15, -0.1) is 5.10 Å². The molecule has 0 fully saturated rings. The van der Waals surface area contributed by atoms with Gasteiger partial charge in [-0.2, -0.15) is 0 Å². The van der Waals surface area contributed by atoms with Gasteiger partial charge in [-0.25, -0.2) is 4.68 Å². The predicted molar refractivity (Wildman–Crippen MR) is 107 cm³/mol. The van der Waals surface area contributed by atoms with Crippen molar-refractivity contribution in [2.75, 3.05) is 0 Å². The Kier molecular flexibility index (Phi) is 4.85. The molecule has 0 saturated heterocycles. The summed E-state index contributed by atoms with van der Waals surface area (Å²) < 4.78 is 1.62. The van der Waals surface area contributed by atoms with Gasteiger partial charge in [0.2, 0.25) is 0 Å². The van der Waals surface area contributed by atoms with Gasteiger partial charge in [-0.05, 0) is 65.6 Å². The zero-order valence-corrected chi connectivity index (χ0v) is 16.6. The summed E-state index contributed by atoms with van der Waals surface area (Å²) in [5.41, 5.74) is 7.35. The third-order valence-electron chi connectivity index (χ3n) is 5.78. The summed E-state index contributed by atoms with van der Waals surface area (Å²) >= 11 is 6.51. The molecule has 146 valence electrons. The molecule has 0 radical (unpaired) electrons. The topological polar surface area (TPSA) is 88.2 Å². The van der Waals surface area contributed by atoms with Crippen LogP contribution in [0.3, 0.4) is 0 Å². The first-order valence-corrected chi connectivity index (χ1v) is 9.74. The third kappa shape index (κ3) is 3.06. The highest BCUT2D eigenvalue weighted by molar-refractivity contribution is 6.35. The fourth-order valence-electron chi connectivity index (χ4n) is 4.44. The van der Waals surface area contributed by atoms with E-state index in [0.717, 1.165) is 47.0 Å². The van der Waals surface area contributed by atoms with Crippen molar-refractivity contribution < 1.29 is 15.0 Å². The molecule has 1 aliphatic carbocycles. The van der Waals surface area contributed by atoms with E-state index in [-0.39, 0.29) is 18.9 Å². The quantitative estimate of drug-likeness (QED) is 0.685. The van der Waals surface area contributed by atoms with E-state index >= 15 is 0 Å². The molecule has 3 aromatic rings. The first kappa shape index (κ1) is 18.9. The Morgan fingerprint density at radius 3 is 2.82 bits per heavy atom. The van der Waals surface area contributed by atoms with Gasteiger partial charge in [0, 0.05) is 13.0 Å². The van der Waals surface area contributed by atoms with Crippen molar-refractivity contribution in [2.24, 2.45) is 7.05 Å². The minimum atomic E-state index is -0.884. The number of carbonyl (C=O) groups is 1. The molecule has 2 N–H and O–H groups in total. The fourth-order valence-corrected chi connectivity index (χ4v) is 4.77. The number of rotatable bonds is 5. The van der Waals surface area contributed by atoms with Gasteiger partial charge in [0.05, 0.1) is 18.1 Å². The second-order valence-corrected chi connectivity index (χ2v) is 7.87. The molecular weight excluding hydrogens is 378 g/mol. The number of benzene rings is 2. The first-order valence-electron chi connectivity index (χ1n) is 9.36. The van der Waals surface area contributed by atoms with Gasteiger partial charge in [0.15, 0.2) is 0 Å². The lowest BCUT2D eigenvalue weighted by atomic mass is 9.83. The minimum Gasteiger partial charge on any atom is -0.481 e. The summed E-state index contributed by atoms with van der Waals surface area (Å²) in [6.45, 7) is 1.89. The third-order valence-corrected chi connectivity index (χ3v) is 6.07. The number of aliphatic hydroxyl groups is 1. The van der Waals surface area contributed by atoms with Crippen molar-refractivity contribution in [1.82, 2.24) is 15.0 Å². The zero-order valence-electron chi connectivity index (χ0n) is 15.9. The maximum absolute atomic E-state index is 11.7. The number of aliphatic hydroxyl groups excluding tert-OH is 1. The summed E-state index contributed by atoms with van der Waals surface area (Å²) in [5, 5.41) is 28.2. The molecule has 0 spiro atoms. The Labute approximate surface area is 167 Å². The minimum absolute atomic E-state index is 0.0428. The maximum Gasteiger partial charge on any atom is 0.304 e. The van der Waals surface area contributed by atoms with Crippen LogP contribution in [0.15, 0.2) is 18.2 Å². The smallest absolute Gasteiger partial charge is 0.304 e. The van der Waals surface area contributed by atoms with Gasteiger partial charge in [0.1, 0.15) is 11.0 Å². The molecule has 7 heteroatoms. The molecule has 0 saturated carbocycles. The van der Waals surface area contributed by atoms with Crippen LogP contribution in [0.4, 0.5) is 0 Å². The number of aliphatic carboxylic acids is 1. The van der Waals surface area contributed by atoms with Crippen molar-refractivity contribution in [3.05, 3.63) is 56.6 Å². The van der Waals surface area contributed by atoms with E-state index in [0.29, 0.717) is 10.5 Å². The van der Waals surface area contributed by atoms with E-state index in [9.17, 15) is 15.0 Å². The number of halogens is 1. The van der Waals surface area contributed by atoms with Gasteiger partial charge in [-0.3, -0.25) is 4.79 Å². The second-order valence-electron chi connectivity index (χ2n) is 7.46. The summed E-state index contributed by atoms with van der Waals surface area (Å²) in [6, 6.07) is 5.89. The SMILES string of the molecule is Cc1c(C(CC(=O)O)c2cc(CO)c3c(c2)CCC3)cc(Cl)c2c1nnn2C. The van der Waals surface area contributed by atoms with Crippen LogP contribution in [0.25, 0.3) is 11.0 Å². The van der Waals surface area contributed by atoms with Crippen LogP contribution in [-0.2, 0) is 31.3 Å². The summed E-state index contributed by atoms with van der Waals surface area (Å²) in [5.74, 6) is -1.26. The number of nitrogens with zero attached hydrogens (tertiary/aromatic N) is 3. The zero-order chi connectivity index (χ0) is 20.0. The van der Waals surface area contributed by atoms with E-state index < -0.39 is 5.97 Å². The second kappa shape index (κ2) is 7.18. The molecule has 0 bridgehead atoms. The highest BCUT2D eigenvalue weighted by Crippen LogP contribution is 2.39. The van der Waals surface area contributed by atoms with Crippen LogP contribution in [0.1, 0.15) is 52.1 Å². The van der Waals surface area contributed by atoms with E-state index in [1.54, 1.807) is 11.7 Å². The van der Waals surface area contributed by atoms with Crippen LogP contribution in [0.5, 0.6) is 0 Å². The number of hydrogen-bond donors (Lipinski definition) is 2. The molecule has 1 aliphatic rings. The molecule has 28 heavy (non-hydrogen) atoms. The average Bonchev–Trinajstić information content (AvgIpc) is 3.28. The molecule has 1 unspecified atom stereocenters. The number of aryl methyl sites for hydroxylation is 3. The average molecular weight is 400 g/mol. The van der Waals surface area contributed by atoms with Crippen molar-refractivity contribution >= 4 is 28.6 Å². The first-order chi connectivity index (χ1) is 13.4. The van der Waals surface area contributed by atoms with Crippen LogP contribution < -0.4 is 0 Å². The van der Waals surface area contributed by atoms with Crippen LogP contribution in [-0.4, -0.2) is 31.2 Å². The van der Waals surface area contributed by atoms with Crippen molar-refractivity contribution in [1.29, 1.82) is 0 Å². The molecule has 2 aromatic carbocycles. The summed E-state index contributed by atoms with van der Waals surface area (Å²) in [7, 11) is 1.78. The lowest BCUT2D eigenvalue weighted by Crippen LogP contribution is -2.11. The normalized spacial score (nSPS) is 14.4. The van der Waals surface area contributed by atoms with Gasteiger partial charge >= 0.3 is 5.97 Å². The van der Waals surface area contributed by atoms with Crippen molar-refractivity contribution in [2.45, 2.75) is 45.1 Å². The molecule has 4 rings (SSSR count). The fraction of sp³-hybridized carbons (Fsp3) is 0.381. The Balaban J connectivity index is 1.92. The standard InChI is InChI=1S/C21H22ClN3O3/c1-11-16(8-18(22)21-20(11)23-24-25(21)2)17(9-19(27)28)13-6-12-4-3-5-15(12)14(7-13)10-26/h6-8,17,26H,3-5,9-10H2,1-2H3,(H,27,28). The van der Waals surface area contributed by atoms with Crippen LogP contribution in [0, 0.1) is 6.92 Å². The monoisotopic (exact) mass is 399 g/mol. The molecule has 1 atom stereocenters. The molecular formula is C21H22ClN3O3. The van der Waals surface area contributed by atoms with Gasteiger partial charge in [-0.1, -0.05) is 28.9 Å². The predicted octanol–water partition coefficient (Wildman–Crippen LogP) is 3.52. The Morgan fingerprint density at radius 1 is 1.32 bits per heavy atom. The molecule has 0 amide bonds. The number of carboxylic acids is 1. The Bertz CT molecular complexity index is 1090. The van der Waals surface area contributed by atoms with E-state index in [1.165, 1.54) is 11.1 Å². The van der Waals surface area contributed by atoms with E-state index in [4.69, 9.17) is 11.6 Å². The Morgan fingerprint density at radius 2 is 2.11 bits per heavy atom. The van der Waals surface area contributed by atoms with Crippen molar-refractivity contribution in [3.8, 4) is 0 Å².